The van der Waals surface area contributed by atoms with Crippen molar-refractivity contribution in [3.8, 4) is 5.75 Å². The van der Waals surface area contributed by atoms with Crippen LogP contribution >= 0.6 is 12.2 Å². The van der Waals surface area contributed by atoms with Gasteiger partial charge in [0.15, 0.2) is 5.11 Å². The van der Waals surface area contributed by atoms with Crippen LogP contribution in [-0.4, -0.2) is 29.7 Å². The topological polar surface area (TPSA) is 24.5 Å². The maximum atomic E-state index is 5.68. The Hall–Kier alpha value is -1.29. The Morgan fingerprint density at radius 3 is 2.68 bits per heavy atom. The Morgan fingerprint density at radius 1 is 1.18 bits per heavy atom. The van der Waals surface area contributed by atoms with Crippen LogP contribution in [0, 0.1) is 5.92 Å². The predicted octanol–water partition coefficient (Wildman–Crippen LogP) is 3.72. The van der Waals surface area contributed by atoms with Crippen LogP contribution in [-0.2, 0) is 6.54 Å². The molecule has 2 atom stereocenters. The SMILES string of the molecule is COc1ccc(CNC(=S)N2CCC[C@@H]3CCCC[C@H]32)cc1. The van der Waals surface area contributed by atoms with Crippen molar-refractivity contribution < 1.29 is 4.74 Å². The van der Waals surface area contributed by atoms with Gasteiger partial charge in [0.25, 0.3) is 0 Å². The van der Waals surface area contributed by atoms with Crippen LogP contribution in [0.5, 0.6) is 5.75 Å². The van der Waals surface area contributed by atoms with E-state index >= 15 is 0 Å². The van der Waals surface area contributed by atoms with Crippen molar-refractivity contribution in [1.29, 1.82) is 0 Å². The monoisotopic (exact) mass is 318 g/mol. The van der Waals surface area contributed by atoms with Gasteiger partial charge in [-0.05, 0) is 61.5 Å². The molecule has 1 aliphatic heterocycles. The zero-order valence-electron chi connectivity index (χ0n) is 13.4. The highest BCUT2D eigenvalue weighted by Gasteiger charge is 2.34. The van der Waals surface area contributed by atoms with Gasteiger partial charge in [-0.3, -0.25) is 0 Å². The second kappa shape index (κ2) is 7.32. The summed E-state index contributed by atoms with van der Waals surface area (Å²) in [5.41, 5.74) is 1.24. The molecule has 0 aromatic heterocycles. The maximum absolute atomic E-state index is 5.68. The molecule has 0 spiro atoms. The Labute approximate surface area is 139 Å². The summed E-state index contributed by atoms with van der Waals surface area (Å²) in [5, 5.41) is 4.39. The highest BCUT2D eigenvalue weighted by Crippen LogP contribution is 2.35. The van der Waals surface area contributed by atoms with Gasteiger partial charge in [-0.15, -0.1) is 0 Å². The molecule has 0 bridgehead atoms. The zero-order valence-corrected chi connectivity index (χ0v) is 14.2. The number of hydrogen-bond donors (Lipinski definition) is 1. The first-order chi connectivity index (χ1) is 10.8. The summed E-state index contributed by atoms with van der Waals surface area (Å²) >= 11 is 5.68. The first kappa shape index (κ1) is 15.6. The molecule has 2 fully saturated rings. The van der Waals surface area contributed by atoms with E-state index in [9.17, 15) is 0 Å². The number of thiocarbonyl (C=S) groups is 1. The van der Waals surface area contributed by atoms with Crippen molar-refractivity contribution in [3.05, 3.63) is 29.8 Å². The first-order valence-electron chi connectivity index (χ1n) is 8.45. The Bertz CT molecular complexity index is 500. The molecular formula is C18H26N2OS. The van der Waals surface area contributed by atoms with Crippen LogP contribution in [0.3, 0.4) is 0 Å². The maximum Gasteiger partial charge on any atom is 0.169 e. The van der Waals surface area contributed by atoms with Crippen molar-refractivity contribution in [1.82, 2.24) is 10.2 Å². The molecule has 3 rings (SSSR count). The van der Waals surface area contributed by atoms with Gasteiger partial charge in [-0.2, -0.15) is 0 Å². The van der Waals surface area contributed by atoms with Gasteiger partial charge in [0.05, 0.1) is 7.11 Å². The largest absolute Gasteiger partial charge is 0.497 e. The number of piperidine rings is 1. The van der Waals surface area contributed by atoms with E-state index in [2.05, 4.69) is 22.3 Å². The number of benzene rings is 1. The van der Waals surface area contributed by atoms with Gasteiger partial charge in [-0.25, -0.2) is 0 Å². The fourth-order valence-electron chi connectivity index (χ4n) is 3.90. The van der Waals surface area contributed by atoms with Crippen molar-refractivity contribution >= 4 is 17.3 Å². The molecule has 120 valence electrons. The number of rotatable bonds is 3. The number of nitrogens with one attached hydrogen (secondary N) is 1. The standard InChI is InChI=1S/C18H26N2OS/c1-21-16-10-8-14(9-11-16)13-19-18(22)20-12-4-6-15-5-2-3-7-17(15)20/h8-11,15,17H,2-7,12-13H2,1H3,(H,19,22)/t15-,17+/m0/s1. The molecule has 4 heteroatoms. The van der Waals surface area contributed by atoms with Crippen molar-refractivity contribution in [2.24, 2.45) is 5.92 Å². The number of likely N-dealkylation sites (tertiary alicyclic amines) is 1. The van der Waals surface area contributed by atoms with Gasteiger partial charge in [0.1, 0.15) is 5.75 Å². The van der Waals surface area contributed by atoms with Crippen LogP contribution in [0.25, 0.3) is 0 Å². The van der Waals surface area contributed by atoms with Gasteiger partial charge in [-0.1, -0.05) is 25.0 Å². The van der Waals surface area contributed by atoms with Crippen LogP contribution in [0.15, 0.2) is 24.3 Å². The molecule has 0 radical (unpaired) electrons. The summed E-state index contributed by atoms with van der Waals surface area (Å²) in [6, 6.07) is 8.86. The Balaban J connectivity index is 1.56. The third-order valence-electron chi connectivity index (χ3n) is 5.11. The lowest BCUT2D eigenvalue weighted by atomic mass is 9.78. The van der Waals surface area contributed by atoms with Gasteiger partial charge < -0.3 is 15.0 Å². The molecule has 1 saturated heterocycles. The quantitative estimate of drug-likeness (QED) is 0.859. The van der Waals surface area contributed by atoms with E-state index in [4.69, 9.17) is 17.0 Å². The Morgan fingerprint density at radius 2 is 1.91 bits per heavy atom. The minimum atomic E-state index is 0.679. The summed E-state index contributed by atoms with van der Waals surface area (Å²) in [6.45, 7) is 1.91. The molecule has 1 saturated carbocycles. The van der Waals surface area contributed by atoms with E-state index in [1.54, 1.807) is 7.11 Å². The van der Waals surface area contributed by atoms with Gasteiger partial charge in [0, 0.05) is 19.1 Å². The second-order valence-electron chi connectivity index (χ2n) is 6.45. The normalized spacial score (nSPS) is 24.5. The highest BCUT2D eigenvalue weighted by atomic mass is 32.1. The minimum absolute atomic E-state index is 0.679. The van der Waals surface area contributed by atoms with E-state index in [0.717, 1.165) is 29.9 Å². The van der Waals surface area contributed by atoms with E-state index < -0.39 is 0 Å². The van der Waals surface area contributed by atoms with E-state index in [0.29, 0.717) is 6.04 Å². The second-order valence-corrected chi connectivity index (χ2v) is 6.84. The van der Waals surface area contributed by atoms with Crippen molar-refractivity contribution in [2.75, 3.05) is 13.7 Å². The number of ether oxygens (including phenoxy) is 1. The highest BCUT2D eigenvalue weighted by molar-refractivity contribution is 7.80. The summed E-state index contributed by atoms with van der Waals surface area (Å²) in [4.78, 5) is 2.46. The molecule has 2 aliphatic rings. The molecule has 0 amide bonds. The molecule has 22 heavy (non-hydrogen) atoms. The molecule has 1 aliphatic carbocycles. The van der Waals surface area contributed by atoms with Gasteiger partial charge in [0.2, 0.25) is 0 Å². The van der Waals surface area contributed by atoms with Gasteiger partial charge >= 0.3 is 0 Å². The lowest BCUT2D eigenvalue weighted by Gasteiger charge is -2.45. The van der Waals surface area contributed by atoms with Crippen molar-refractivity contribution in [2.45, 2.75) is 51.1 Å². The molecule has 1 N–H and O–H groups in total. The average molecular weight is 318 g/mol. The molecule has 1 heterocycles. The third-order valence-corrected chi connectivity index (χ3v) is 5.49. The molecule has 1 aromatic rings. The molecule has 0 unspecified atom stereocenters. The summed E-state index contributed by atoms with van der Waals surface area (Å²) in [7, 11) is 1.69. The van der Waals surface area contributed by atoms with Crippen LogP contribution in [0.2, 0.25) is 0 Å². The molecular weight excluding hydrogens is 292 g/mol. The predicted molar refractivity (Wildman–Crippen MR) is 94.1 cm³/mol. The van der Waals surface area contributed by atoms with E-state index in [1.807, 2.05) is 12.1 Å². The lowest BCUT2D eigenvalue weighted by Crippen LogP contribution is -2.52. The lowest BCUT2D eigenvalue weighted by molar-refractivity contribution is 0.118. The summed E-state index contributed by atoms with van der Waals surface area (Å²) < 4.78 is 5.19. The summed E-state index contributed by atoms with van der Waals surface area (Å²) in [6.07, 6.45) is 8.14. The number of fused-ring (bicyclic) bond motifs is 1. The Kier molecular flexibility index (Phi) is 5.19. The molecule has 1 aromatic carbocycles. The van der Waals surface area contributed by atoms with Crippen LogP contribution in [0.1, 0.15) is 44.1 Å². The number of hydrogen-bond acceptors (Lipinski definition) is 2. The number of methoxy groups -OCH3 is 1. The van der Waals surface area contributed by atoms with Crippen molar-refractivity contribution in [3.63, 3.8) is 0 Å². The minimum Gasteiger partial charge on any atom is -0.497 e. The van der Waals surface area contributed by atoms with E-state index in [1.165, 1.54) is 44.1 Å². The summed E-state index contributed by atoms with van der Waals surface area (Å²) in [5.74, 6) is 1.76. The molecule has 3 nitrogen and oxygen atoms in total. The average Bonchev–Trinajstić information content (AvgIpc) is 2.59. The zero-order chi connectivity index (χ0) is 15.4. The number of nitrogens with zero attached hydrogens (tertiary/aromatic N) is 1. The fourth-order valence-corrected chi connectivity index (χ4v) is 4.20. The van der Waals surface area contributed by atoms with Crippen LogP contribution in [0.4, 0.5) is 0 Å². The van der Waals surface area contributed by atoms with E-state index in [-0.39, 0.29) is 0 Å². The first-order valence-corrected chi connectivity index (χ1v) is 8.86. The fraction of sp³-hybridized carbons (Fsp3) is 0.611. The van der Waals surface area contributed by atoms with Crippen LogP contribution < -0.4 is 10.1 Å². The smallest absolute Gasteiger partial charge is 0.169 e. The third kappa shape index (κ3) is 3.54.